The van der Waals surface area contributed by atoms with Crippen LogP contribution in [0.15, 0.2) is 52.2 Å². The van der Waals surface area contributed by atoms with Crippen molar-refractivity contribution in [2.24, 2.45) is 7.05 Å². The van der Waals surface area contributed by atoms with E-state index in [0.29, 0.717) is 22.5 Å². The van der Waals surface area contributed by atoms with E-state index in [1.165, 1.54) is 24.1 Å². The van der Waals surface area contributed by atoms with E-state index in [-0.39, 0.29) is 11.5 Å². The third kappa shape index (κ3) is 4.44. The minimum absolute atomic E-state index is 0.216. The van der Waals surface area contributed by atoms with Crippen molar-refractivity contribution in [1.29, 1.82) is 5.26 Å². The number of rotatable bonds is 6. The van der Waals surface area contributed by atoms with Gasteiger partial charge in [0.1, 0.15) is 17.8 Å². The van der Waals surface area contributed by atoms with Gasteiger partial charge >= 0.3 is 0 Å². The van der Waals surface area contributed by atoms with Gasteiger partial charge in [0.25, 0.3) is 11.5 Å². The van der Waals surface area contributed by atoms with Crippen LogP contribution in [0.2, 0.25) is 0 Å². The van der Waals surface area contributed by atoms with Crippen LogP contribution in [0.5, 0.6) is 5.75 Å². The highest BCUT2D eigenvalue weighted by Gasteiger charge is 2.32. The maximum absolute atomic E-state index is 12.9. The zero-order chi connectivity index (χ0) is 26.0. The molecule has 11 heteroatoms. The van der Waals surface area contributed by atoms with E-state index >= 15 is 0 Å². The third-order valence-electron chi connectivity index (χ3n) is 5.93. The van der Waals surface area contributed by atoms with Gasteiger partial charge in [-0.1, -0.05) is 30.3 Å². The Morgan fingerprint density at radius 2 is 1.97 bits per heavy atom. The molecule has 1 amide bonds. The first-order valence-electron chi connectivity index (χ1n) is 11.0. The molecular weight excluding hydrogens is 462 g/mol. The van der Waals surface area contributed by atoms with Gasteiger partial charge in [-0.2, -0.15) is 5.26 Å². The van der Waals surface area contributed by atoms with E-state index in [1.807, 2.05) is 32.9 Å². The first kappa shape index (κ1) is 24.3. The first-order chi connectivity index (χ1) is 17.2. The van der Waals surface area contributed by atoms with Crippen LogP contribution in [-0.4, -0.2) is 35.7 Å². The lowest BCUT2D eigenvalue weighted by atomic mass is 9.81. The molecule has 0 radical (unpaired) electrons. The summed E-state index contributed by atoms with van der Waals surface area (Å²) in [6.07, 6.45) is 4.11. The van der Waals surface area contributed by atoms with Crippen molar-refractivity contribution in [3.8, 4) is 11.8 Å². The number of hydrogen-bond donors (Lipinski definition) is 2. The van der Waals surface area contributed by atoms with Crippen molar-refractivity contribution in [2.75, 3.05) is 5.32 Å². The van der Waals surface area contributed by atoms with Crippen molar-refractivity contribution in [3.63, 3.8) is 0 Å². The minimum atomic E-state index is -0.804. The quantitative estimate of drug-likeness (QED) is 0.418. The summed E-state index contributed by atoms with van der Waals surface area (Å²) in [6, 6.07) is 9.31. The number of nitrogens with zero attached hydrogens (tertiary/aromatic N) is 6. The molecule has 0 aliphatic heterocycles. The summed E-state index contributed by atoms with van der Waals surface area (Å²) in [6.45, 7) is 5.47. The molecule has 3 heterocycles. The summed E-state index contributed by atoms with van der Waals surface area (Å²) >= 11 is 0. The minimum Gasteiger partial charge on any atom is -0.501 e. The summed E-state index contributed by atoms with van der Waals surface area (Å²) in [5.41, 5.74) is 2.11. The second-order valence-electron chi connectivity index (χ2n) is 8.35. The number of anilines is 1. The van der Waals surface area contributed by atoms with Gasteiger partial charge in [0.15, 0.2) is 5.69 Å². The second-order valence-corrected chi connectivity index (χ2v) is 8.35. The summed E-state index contributed by atoms with van der Waals surface area (Å²) in [5.74, 6) is -2.47. The van der Waals surface area contributed by atoms with Crippen LogP contribution < -0.4 is 10.9 Å². The molecule has 0 spiro atoms. The van der Waals surface area contributed by atoms with E-state index in [9.17, 15) is 20.0 Å². The molecule has 1 aromatic carbocycles. The van der Waals surface area contributed by atoms with Gasteiger partial charge in [0.05, 0.1) is 34.9 Å². The zero-order valence-electron chi connectivity index (χ0n) is 20.1. The molecule has 182 valence electrons. The number of carbonyl (C=O) groups excluding carboxylic acids is 1. The van der Waals surface area contributed by atoms with E-state index in [0.717, 1.165) is 5.69 Å². The molecule has 0 bridgehead atoms. The van der Waals surface area contributed by atoms with Gasteiger partial charge in [-0.25, -0.2) is 4.98 Å². The van der Waals surface area contributed by atoms with Crippen LogP contribution >= 0.6 is 0 Å². The normalized spacial score (nSPS) is 12.5. The lowest BCUT2D eigenvalue weighted by Crippen LogP contribution is -2.30. The monoisotopic (exact) mass is 485 g/mol. The topological polar surface area (TPSA) is 160 Å². The Balaban J connectivity index is 1.90. The molecule has 0 fully saturated rings. The standard InChI is InChI=1S/C25H23N7O4/c1-13-10-27-20(15(3)29-13)19(18-8-6-5-7-16(18)9-26)14(2)23-31-21(22(33)25(35)32(23)4)24(34)30-17-11-28-36-12-17/h5-8,10-12,14,19,33H,1-4H3,(H,30,34). The fourth-order valence-electron chi connectivity index (χ4n) is 4.21. The summed E-state index contributed by atoms with van der Waals surface area (Å²) in [5, 5.41) is 26.2. The van der Waals surface area contributed by atoms with Crippen LogP contribution in [-0.2, 0) is 7.05 Å². The SMILES string of the molecule is Cc1cnc(C(c2ccccc2C#N)C(C)c2nc(C(=O)Nc3cnoc3)c(O)c(=O)n2C)c(C)n1. The maximum atomic E-state index is 12.9. The largest absolute Gasteiger partial charge is 0.501 e. The van der Waals surface area contributed by atoms with Gasteiger partial charge in [-0.05, 0) is 25.5 Å². The Bertz CT molecular complexity index is 1540. The Kier molecular flexibility index (Phi) is 6.60. The Hall–Kier alpha value is -4.85. The Morgan fingerprint density at radius 3 is 2.64 bits per heavy atom. The van der Waals surface area contributed by atoms with E-state index in [4.69, 9.17) is 4.52 Å². The lowest BCUT2D eigenvalue weighted by Gasteiger charge is -2.27. The number of aromatic hydroxyl groups is 1. The predicted octanol–water partition coefficient (Wildman–Crippen LogP) is 2.94. The van der Waals surface area contributed by atoms with Gasteiger partial charge in [0, 0.05) is 25.1 Å². The van der Waals surface area contributed by atoms with Crippen LogP contribution in [0, 0.1) is 25.2 Å². The smallest absolute Gasteiger partial charge is 0.296 e. The number of hydrogen-bond acceptors (Lipinski definition) is 9. The molecule has 3 aromatic heterocycles. The van der Waals surface area contributed by atoms with Crippen LogP contribution in [0.25, 0.3) is 0 Å². The first-order valence-corrected chi connectivity index (χ1v) is 11.0. The second kappa shape index (κ2) is 9.79. The lowest BCUT2D eigenvalue weighted by molar-refractivity contribution is 0.101. The molecule has 2 unspecified atom stereocenters. The number of aromatic nitrogens is 5. The molecule has 36 heavy (non-hydrogen) atoms. The molecule has 0 saturated carbocycles. The molecular formula is C25H23N7O4. The molecule has 0 aliphatic rings. The number of amides is 1. The fraction of sp³-hybridized carbons (Fsp3) is 0.240. The molecule has 4 aromatic rings. The van der Waals surface area contributed by atoms with E-state index < -0.39 is 34.7 Å². The fourth-order valence-corrected chi connectivity index (χ4v) is 4.21. The highest BCUT2D eigenvalue weighted by molar-refractivity contribution is 6.04. The number of nitriles is 1. The molecule has 2 atom stereocenters. The number of aryl methyl sites for hydroxylation is 2. The average molecular weight is 486 g/mol. The molecule has 4 rings (SSSR count). The van der Waals surface area contributed by atoms with E-state index in [1.54, 1.807) is 18.3 Å². The van der Waals surface area contributed by atoms with Crippen LogP contribution in [0.4, 0.5) is 5.69 Å². The predicted molar refractivity (Wildman–Crippen MR) is 129 cm³/mol. The van der Waals surface area contributed by atoms with Gasteiger partial charge in [0.2, 0.25) is 5.75 Å². The summed E-state index contributed by atoms with van der Waals surface area (Å²) in [7, 11) is 1.46. The number of benzene rings is 1. The number of nitrogens with one attached hydrogen (secondary N) is 1. The molecule has 0 aliphatic carbocycles. The third-order valence-corrected chi connectivity index (χ3v) is 5.93. The summed E-state index contributed by atoms with van der Waals surface area (Å²) in [4.78, 5) is 39.4. The maximum Gasteiger partial charge on any atom is 0.296 e. The summed E-state index contributed by atoms with van der Waals surface area (Å²) < 4.78 is 5.89. The van der Waals surface area contributed by atoms with Gasteiger partial charge < -0.3 is 14.9 Å². The highest BCUT2D eigenvalue weighted by Crippen LogP contribution is 2.39. The molecule has 2 N–H and O–H groups in total. The Morgan fingerprint density at radius 1 is 1.22 bits per heavy atom. The van der Waals surface area contributed by atoms with E-state index in [2.05, 4.69) is 31.5 Å². The van der Waals surface area contributed by atoms with Gasteiger partial charge in [-0.3, -0.25) is 24.1 Å². The number of carbonyl (C=O) groups is 1. The van der Waals surface area contributed by atoms with Crippen molar-refractivity contribution in [3.05, 3.63) is 93.0 Å². The van der Waals surface area contributed by atoms with Crippen molar-refractivity contribution < 1.29 is 14.4 Å². The van der Waals surface area contributed by atoms with Crippen molar-refractivity contribution in [1.82, 2.24) is 24.7 Å². The van der Waals surface area contributed by atoms with Gasteiger partial charge in [-0.15, -0.1) is 0 Å². The Labute approximate surface area is 206 Å². The van der Waals surface area contributed by atoms with Crippen molar-refractivity contribution in [2.45, 2.75) is 32.6 Å². The molecule has 11 nitrogen and oxygen atoms in total. The average Bonchev–Trinajstić information content (AvgIpc) is 3.37. The van der Waals surface area contributed by atoms with Crippen LogP contribution in [0.3, 0.4) is 0 Å². The zero-order valence-corrected chi connectivity index (χ0v) is 20.1. The molecule has 0 saturated heterocycles. The van der Waals surface area contributed by atoms with Crippen LogP contribution in [0.1, 0.15) is 63.3 Å². The van der Waals surface area contributed by atoms with Crippen molar-refractivity contribution >= 4 is 11.6 Å². The highest BCUT2D eigenvalue weighted by atomic mass is 16.5.